The van der Waals surface area contributed by atoms with Gasteiger partial charge in [0.15, 0.2) is 0 Å². The molecule has 1 amide bonds. The summed E-state index contributed by atoms with van der Waals surface area (Å²) in [5, 5.41) is 3.10. The topological polar surface area (TPSA) is 44.8 Å². The number of nitrogens with one attached hydrogen (secondary N) is 1. The monoisotopic (exact) mass is 397 g/mol. The SMILES string of the molecule is COc1ccc2c(c1)N1CCN(c3ccc(F)cc3)C[C@H]1[C@H](C(=O)NC(C)C)C2. The molecule has 29 heavy (non-hydrogen) atoms. The van der Waals surface area contributed by atoms with Crippen molar-refractivity contribution in [2.24, 2.45) is 5.92 Å². The van der Waals surface area contributed by atoms with Gasteiger partial charge in [-0.2, -0.15) is 0 Å². The van der Waals surface area contributed by atoms with Crippen molar-refractivity contribution in [3.63, 3.8) is 0 Å². The lowest BCUT2D eigenvalue weighted by molar-refractivity contribution is -0.126. The van der Waals surface area contributed by atoms with E-state index in [2.05, 4.69) is 27.2 Å². The third-order valence-electron chi connectivity index (χ3n) is 5.88. The average molecular weight is 397 g/mol. The number of amides is 1. The van der Waals surface area contributed by atoms with Crippen molar-refractivity contribution in [1.82, 2.24) is 5.32 Å². The molecule has 1 N–H and O–H groups in total. The molecule has 2 heterocycles. The molecule has 2 aliphatic heterocycles. The molecule has 4 rings (SSSR count). The van der Waals surface area contributed by atoms with Crippen molar-refractivity contribution in [2.75, 3.05) is 36.5 Å². The van der Waals surface area contributed by atoms with Crippen LogP contribution in [0.1, 0.15) is 19.4 Å². The summed E-state index contributed by atoms with van der Waals surface area (Å²) in [7, 11) is 1.67. The van der Waals surface area contributed by atoms with Gasteiger partial charge < -0.3 is 19.9 Å². The Balaban J connectivity index is 1.67. The van der Waals surface area contributed by atoms with Gasteiger partial charge in [-0.05, 0) is 56.2 Å². The normalized spacial score (nSPS) is 20.9. The number of halogens is 1. The van der Waals surface area contributed by atoms with Crippen molar-refractivity contribution >= 4 is 17.3 Å². The summed E-state index contributed by atoms with van der Waals surface area (Å²) in [5.41, 5.74) is 3.33. The van der Waals surface area contributed by atoms with Crippen LogP contribution < -0.4 is 19.9 Å². The molecule has 1 saturated heterocycles. The quantitative estimate of drug-likeness (QED) is 0.861. The van der Waals surface area contributed by atoms with E-state index in [4.69, 9.17) is 4.74 Å². The standard InChI is InChI=1S/C23H28FN3O2/c1-15(2)25-23(28)20-12-16-4-9-19(29-3)13-21(16)27-11-10-26(14-22(20)27)18-7-5-17(24)6-8-18/h4-9,13,15,20,22H,10-12,14H2,1-3H3,(H,25,28)/t20-,22+/m1/s1. The number of nitrogens with zero attached hydrogens (tertiary/aromatic N) is 2. The van der Waals surface area contributed by atoms with E-state index in [0.717, 1.165) is 36.8 Å². The molecule has 6 heteroatoms. The van der Waals surface area contributed by atoms with Gasteiger partial charge in [0.25, 0.3) is 0 Å². The van der Waals surface area contributed by atoms with Crippen LogP contribution in [0.4, 0.5) is 15.8 Å². The first-order chi connectivity index (χ1) is 14.0. The van der Waals surface area contributed by atoms with Gasteiger partial charge in [-0.15, -0.1) is 0 Å². The predicted octanol–water partition coefficient (Wildman–Crippen LogP) is 3.23. The number of anilines is 2. The molecular weight excluding hydrogens is 369 g/mol. The summed E-state index contributed by atoms with van der Waals surface area (Å²) < 4.78 is 18.8. The molecule has 0 bridgehead atoms. The van der Waals surface area contributed by atoms with E-state index in [1.165, 1.54) is 17.7 Å². The average Bonchev–Trinajstić information content (AvgIpc) is 2.72. The molecule has 0 unspecified atom stereocenters. The van der Waals surface area contributed by atoms with E-state index in [9.17, 15) is 9.18 Å². The van der Waals surface area contributed by atoms with E-state index in [-0.39, 0.29) is 29.7 Å². The number of ether oxygens (including phenoxy) is 1. The van der Waals surface area contributed by atoms with E-state index in [1.807, 2.05) is 32.0 Å². The Labute approximate surface area is 171 Å². The Morgan fingerprint density at radius 3 is 2.62 bits per heavy atom. The van der Waals surface area contributed by atoms with Crippen molar-refractivity contribution in [2.45, 2.75) is 32.4 Å². The summed E-state index contributed by atoms with van der Waals surface area (Å²) in [4.78, 5) is 17.7. The smallest absolute Gasteiger partial charge is 0.225 e. The molecule has 1 fully saturated rings. The second-order valence-corrected chi connectivity index (χ2v) is 8.15. The van der Waals surface area contributed by atoms with Gasteiger partial charge in [0.1, 0.15) is 11.6 Å². The lowest BCUT2D eigenvalue weighted by Crippen LogP contribution is -2.61. The first kappa shape index (κ1) is 19.6. The number of rotatable bonds is 4. The van der Waals surface area contributed by atoms with Gasteiger partial charge in [-0.3, -0.25) is 4.79 Å². The first-order valence-corrected chi connectivity index (χ1v) is 10.2. The zero-order valence-corrected chi connectivity index (χ0v) is 17.2. The molecule has 0 aromatic heterocycles. The van der Waals surface area contributed by atoms with Crippen LogP contribution in [0.5, 0.6) is 5.75 Å². The van der Waals surface area contributed by atoms with Crippen molar-refractivity contribution < 1.29 is 13.9 Å². The molecule has 2 aromatic carbocycles. The predicted molar refractivity (Wildman–Crippen MR) is 113 cm³/mol. The van der Waals surface area contributed by atoms with E-state index < -0.39 is 0 Å². The molecule has 154 valence electrons. The van der Waals surface area contributed by atoms with Crippen LogP contribution >= 0.6 is 0 Å². The highest BCUT2D eigenvalue weighted by molar-refractivity contribution is 5.82. The Hall–Kier alpha value is -2.76. The molecular formula is C23H28FN3O2. The number of hydrogen-bond donors (Lipinski definition) is 1. The largest absolute Gasteiger partial charge is 0.497 e. The third-order valence-corrected chi connectivity index (χ3v) is 5.88. The maximum atomic E-state index is 13.4. The second kappa shape index (κ2) is 7.93. The summed E-state index contributed by atoms with van der Waals surface area (Å²) in [6, 6.07) is 12.9. The Morgan fingerprint density at radius 2 is 1.93 bits per heavy atom. The number of carbonyl (C=O) groups is 1. The highest BCUT2D eigenvalue weighted by atomic mass is 19.1. The fourth-order valence-corrected chi connectivity index (χ4v) is 4.48. The molecule has 2 aliphatic rings. The Kier molecular flexibility index (Phi) is 5.35. The van der Waals surface area contributed by atoms with Crippen LogP contribution in [0.2, 0.25) is 0 Å². The summed E-state index contributed by atoms with van der Waals surface area (Å²) >= 11 is 0. The molecule has 0 saturated carbocycles. The zero-order chi connectivity index (χ0) is 20.5. The van der Waals surface area contributed by atoms with Gasteiger partial charge in [0.2, 0.25) is 5.91 Å². The van der Waals surface area contributed by atoms with Crippen LogP contribution in [0.25, 0.3) is 0 Å². The second-order valence-electron chi connectivity index (χ2n) is 8.15. The van der Waals surface area contributed by atoms with Crippen molar-refractivity contribution in [3.05, 3.63) is 53.8 Å². The highest BCUT2D eigenvalue weighted by Crippen LogP contribution is 2.39. The fourth-order valence-electron chi connectivity index (χ4n) is 4.48. The van der Waals surface area contributed by atoms with Crippen LogP contribution in [0.3, 0.4) is 0 Å². The molecule has 0 spiro atoms. The molecule has 5 nitrogen and oxygen atoms in total. The molecule has 0 radical (unpaired) electrons. The maximum absolute atomic E-state index is 13.4. The van der Waals surface area contributed by atoms with Gasteiger partial charge in [0, 0.05) is 43.1 Å². The lowest BCUT2D eigenvalue weighted by Gasteiger charge is -2.49. The number of benzene rings is 2. The van der Waals surface area contributed by atoms with E-state index >= 15 is 0 Å². The van der Waals surface area contributed by atoms with Gasteiger partial charge in [0.05, 0.1) is 19.1 Å². The molecule has 0 aliphatic carbocycles. The Bertz CT molecular complexity index is 884. The minimum atomic E-state index is -0.236. The van der Waals surface area contributed by atoms with Crippen LogP contribution in [-0.4, -0.2) is 44.7 Å². The number of fused-ring (bicyclic) bond motifs is 3. The van der Waals surface area contributed by atoms with Crippen molar-refractivity contribution in [3.8, 4) is 5.75 Å². The summed E-state index contributed by atoms with van der Waals surface area (Å²) in [6.45, 7) is 6.31. The third kappa shape index (κ3) is 3.88. The van der Waals surface area contributed by atoms with Crippen LogP contribution in [0, 0.1) is 11.7 Å². The number of methoxy groups -OCH3 is 1. The van der Waals surface area contributed by atoms with E-state index in [1.54, 1.807) is 7.11 Å². The summed E-state index contributed by atoms with van der Waals surface area (Å²) in [5.74, 6) is 0.549. The number of carbonyl (C=O) groups excluding carboxylic acids is 1. The lowest BCUT2D eigenvalue weighted by atomic mass is 9.83. The minimum absolute atomic E-state index is 0.0483. The maximum Gasteiger partial charge on any atom is 0.225 e. The van der Waals surface area contributed by atoms with Gasteiger partial charge >= 0.3 is 0 Å². The summed E-state index contributed by atoms with van der Waals surface area (Å²) in [6.07, 6.45) is 0.705. The fraction of sp³-hybridized carbons (Fsp3) is 0.435. The van der Waals surface area contributed by atoms with Gasteiger partial charge in [-0.1, -0.05) is 6.07 Å². The molecule has 2 atom stereocenters. The van der Waals surface area contributed by atoms with Crippen LogP contribution in [0.15, 0.2) is 42.5 Å². The number of piperazine rings is 1. The van der Waals surface area contributed by atoms with Crippen LogP contribution in [-0.2, 0) is 11.2 Å². The highest BCUT2D eigenvalue weighted by Gasteiger charge is 2.41. The zero-order valence-electron chi connectivity index (χ0n) is 17.2. The first-order valence-electron chi connectivity index (χ1n) is 10.2. The van der Waals surface area contributed by atoms with E-state index in [0.29, 0.717) is 6.42 Å². The number of hydrogen-bond acceptors (Lipinski definition) is 4. The van der Waals surface area contributed by atoms with Crippen molar-refractivity contribution in [1.29, 1.82) is 0 Å². The van der Waals surface area contributed by atoms with Gasteiger partial charge in [-0.25, -0.2) is 4.39 Å². The Morgan fingerprint density at radius 1 is 1.17 bits per heavy atom. The molecule has 2 aromatic rings. The minimum Gasteiger partial charge on any atom is -0.497 e.